The van der Waals surface area contributed by atoms with Crippen LogP contribution in [0.2, 0.25) is 0 Å². The molecular weight excluding hydrogens is 246 g/mol. The molecule has 0 aliphatic carbocycles. The highest BCUT2D eigenvalue weighted by atomic mass is 15.3. The van der Waals surface area contributed by atoms with Gasteiger partial charge in [0.25, 0.3) is 0 Å². The minimum absolute atomic E-state index is 0.332. The van der Waals surface area contributed by atoms with Crippen LogP contribution in [-0.2, 0) is 0 Å². The van der Waals surface area contributed by atoms with E-state index in [4.69, 9.17) is 5.73 Å². The summed E-state index contributed by atoms with van der Waals surface area (Å²) in [6.07, 6.45) is 6.87. The predicted molar refractivity (Wildman–Crippen MR) is 84.7 cm³/mol. The molecule has 3 rings (SSSR count). The van der Waals surface area contributed by atoms with Gasteiger partial charge in [0.15, 0.2) is 0 Å². The number of fused-ring (bicyclic) bond motifs is 2. The maximum Gasteiger partial charge on any atom is 0.0384 e. The summed E-state index contributed by atoms with van der Waals surface area (Å²) in [5, 5.41) is 0. The van der Waals surface area contributed by atoms with Crippen LogP contribution >= 0.6 is 0 Å². The lowest BCUT2D eigenvalue weighted by atomic mass is 9.77. The number of rotatable bonds is 3. The van der Waals surface area contributed by atoms with Gasteiger partial charge in [-0.25, -0.2) is 0 Å². The zero-order valence-corrected chi connectivity index (χ0v) is 13.5. The maximum absolute atomic E-state index is 6.34. The number of hydrogen-bond donors (Lipinski definition) is 1. The van der Waals surface area contributed by atoms with E-state index in [2.05, 4.69) is 23.6 Å². The summed E-state index contributed by atoms with van der Waals surface area (Å²) >= 11 is 0. The average molecular weight is 279 g/mol. The Hall–Kier alpha value is -0.120. The zero-order chi connectivity index (χ0) is 14.2. The summed E-state index contributed by atoms with van der Waals surface area (Å²) in [5.41, 5.74) is 6.67. The van der Waals surface area contributed by atoms with Crippen molar-refractivity contribution >= 4 is 0 Å². The van der Waals surface area contributed by atoms with Gasteiger partial charge in [-0.15, -0.1) is 0 Å². The number of nitrogens with two attached hydrogens (primary N) is 1. The Morgan fingerprint density at radius 3 is 2.70 bits per heavy atom. The van der Waals surface area contributed by atoms with Gasteiger partial charge >= 0.3 is 0 Å². The number of nitrogens with zero attached hydrogens (tertiary/aromatic N) is 2. The molecule has 3 nitrogen and oxygen atoms in total. The van der Waals surface area contributed by atoms with Crippen LogP contribution in [0.3, 0.4) is 0 Å². The van der Waals surface area contributed by atoms with E-state index < -0.39 is 0 Å². The van der Waals surface area contributed by atoms with Gasteiger partial charge in [0.05, 0.1) is 0 Å². The molecule has 0 spiro atoms. The van der Waals surface area contributed by atoms with Gasteiger partial charge in [-0.05, 0) is 76.0 Å². The van der Waals surface area contributed by atoms with Crippen molar-refractivity contribution in [1.29, 1.82) is 0 Å². The van der Waals surface area contributed by atoms with Gasteiger partial charge in [-0.2, -0.15) is 0 Å². The van der Waals surface area contributed by atoms with Gasteiger partial charge in [0.2, 0.25) is 0 Å². The Morgan fingerprint density at radius 2 is 1.95 bits per heavy atom. The lowest BCUT2D eigenvalue weighted by Gasteiger charge is -2.50. The van der Waals surface area contributed by atoms with E-state index in [0.29, 0.717) is 5.54 Å². The smallest absolute Gasteiger partial charge is 0.0384 e. The third-order valence-corrected chi connectivity index (χ3v) is 6.59. The van der Waals surface area contributed by atoms with Crippen LogP contribution in [0.1, 0.15) is 46.0 Å². The van der Waals surface area contributed by atoms with Gasteiger partial charge in [-0.1, -0.05) is 13.8 Å². The molecule has 4 unspecified atom stereocenters. The standard InChI is InChI=1S/C17H33N3/c1-14(2)15-4-3-8-20(10-5-15)17(13-18)7-11-19-9-6-16(17)12-19/h14-16H,3-13,18H2,1-2H3. The molecule has 3 heteroatoms. The highest BCUT2D eigenvalue weighted by molar-refractivity contribution is 5.05. The molecule has 2 N–H and O–H groups in total. The van der Waals surface area contributed by atoms with E-state index >= 15 is 0 Å². The molecule has 2 bridgehead atoms. The third-order valence-electron chi connectivity index (χ3n) is 6.59. The van der Waals surface area contributed by atoms with Crippen LogP contribution in [0, 0.1) is 17.8 Å². The highest BCUT2D eigenvalue weighted by Gasteiger charge is 2.48. The fourth-order valence-corrected chi connectivity index (χ4v) is 5.08. The molecule has 0 radical (unpaired) electrons. The van der Waals surface area contributed by atoms with Gasteiger partial charge in [-0.3, -0.25) is 4.90 Å². The van der Waals surface area contributed by atoms with Crippen molar-refractivity contribution in [2.75, 3.05) is 39.3 Å². The molecule has 0 aromatic rings. The van der Waals surface area contributed by atoms with Gasteiger partial charge in [0, 0.05) is 18.6 Å². The van der Waals surface area contributed by atoms with Crippen molar-refractivity contribution in [1.82, 2.24) is 9.80 Å². The minimum atomic E-state index is 0.332. The van der Waals surface area contributed by atoms with E-state index in [-0.39, 0.29) is 0 Å². The molecular formula is C17H33N3. The molecule has 4 atom stereocenters. The van der Waals surface area contributed by atoms with Crippen molar-refractivity contribution < 1.29 is 0 Å². The Labute approximate surface area is 124 Å². The average Bonchev–Trinajstić information content (AvgIpc) is 2.69. The first kappa shape index (κ1) is 14.8. The molecule has 0 saturated carbocycles. The second-order valence-electron chi connectivity index (χ2n) is 7.77. The number of piperidine rings is 1. The quantitative estimate of drug-likeness (QED) is 0.859. The lowest BCUT2D eigenvalue weighted by Crippen LogP contribution is -2.62. The molecule has 3 heterocycles. The van der Waals surface area contributed by atoms with E-state index in [1.165, 1.54) is 64.8 Å². The number of hydrogen-bond acceptors (Lipinski definition) is 3. The fraction of sp³-hybridized carbons (Fsp3) is 1.00. The molecule has 116 valence electrons. The normalized spacial score (nSPS) is 42.9. The zero-order valence-electron chi connectivity index (χ0n) is 13.5. The van der Waals surface area contributed by atoms with Crippen molar-refractivity contribution in [2.24, 2.45) is 23.5 Å². The maximum atomic E-state index is 6.34. The predicted octanol–water partition coefficient (Wildman–Crippen LogP) is 2.17. The first-order chi connectivity index (χ1) is 9.65. The topological polar surface area (TPSA) is 32.5 Å². The van der Waals surface area contributed by atoms with Crippen LogP contribution in [0.5, 0.6) is 0 Å². The van der Waals surface area contributed by atoms with Crippen LogP contribution in [0.15, 0.2) is 0 Å². The van der Waals surface area contributed by atoms with E-state index in [1.54, 1.807) is 0 Å². The van der Waals surface area contributed by atoms with E-state index in [0.717, 1.165) is 24.3 Å². The lowest BCUT2D eigenvalue weighted by molar-refractivity contribution is 0.00897. The molecule has 3 saturated heterocycles. The minimum Gasteiger partial charge on any atom is -0.329 e. The molecule has 0 aromatic heterocycles. The highest BCUT2D eigenvalue weighted by Crippen LogP contribution is 2.41. The summed E-state index contributed by atoms with van der Waals surface area (Å²) in [7, 11) is 0. The van der Waals surface area contributed by atoms with E-state index in [1.807, 2.05) is 0 Å². The second-order valence-corrected chi connectivity index (χ2v) is 7.77. The Kier molecular flexibility index (Phi) is 4.40. The fourth-order valence-electron chi connectivity index (χ4n) is 5.08. The Morgan fingerprint density at radius 1 is 1.10 bits per heavy atom. The monoisotopic (exact) mass is 279 g/mol. The summed E-state index contributed by atoms with van der Waals surface area (Å²) in [6.45, 7) is 12.1. The molecule has 0 aromatic carbocycles. The molecule has 3 fully saturated rings. The van der Waals surface area contributed by atoms with Crippen LogP contribution in [0.4, 0.5) is 0 Å². The van der Waals surface area contributed by atoms with Crippen molar-refractivity contribution in [2.45, 2.75) is 51.5 Å². The Bertz CT molecular complexity index is 330. The molecule has 0 amide bonds. The van der Waals surface area contributed by atoms with Crippen molar-refractivity contribution in [3.8, 4) is 0 Å². The summed E-state index contributed by atoms with van der Waals surface area (Å²) in [4.78, 5) is 5.47. The summed E-state index contributed by atoms with van der Waals surface area (Å²) in [5.74, 6) is 2.60. The molecule has 3 aliphatic rings. The molecule has 3 aliphatic heterocycles. The van der Waals surface area contributed by atoms with Crippen LogP contribution in [0.25, 0.3) is 0 Å². The van der Waals surface area contributed by atoms with E-state index in [9.17, 15) is 0 Å². The van der Waals surface area contributed by atoms with Gasteiger partial charge in [0.1, 0.15) is 0 Å². The first-order valence-electron chi connectivity index (χ1n) is 8.83. The van der Waals surface area contributed by atoms with Gasteiger partial charge < -0.3 is 10.6 Å². The Balaban J connectivity index is 1.72. The summed E-state index contributed by atoms with van der Waals surface area (Å²) < 4.78 is 0. The molecule has 20 heavy (non-hydrogen) atoms. The largest absolute Gasteiger partial charge is 0.329 e. The van der Waals surface area contributed by atoms with Crippen LogP contribution in [-0.4, -0.2) is 54.6 Å². The first-order valence-corrected chi connectivity index (χ1v) is 8.83. The van der Waals surface area contributed by atoms with Crippen molar-refractivity contribution in [3.05, 3.63) is 0 Å². The van der Waals surface area contributed by atoms with Crippen molar-refractivity contribution in [3.63, 3.8) is 0 Å². The SMILES string of the molecule is CC(C)C1CCCN(C2(CN)CCN3CCC2C3)CC1. The summed E-state index contributed by atoms with van der Waals surface area (Å²) in [6, 6.07) is 0. The number of likely N-dealkylation sites (tertiary alicyclic amines) is 1. The second kappa shape index (κ2) is 5.94. The van der Waals surface area contributed by atoms with Crippen LogP contribution < -0.4 is 5.73 Å². The third kappa shape index (κ3) is 2.53.